The van der Waals surface area contributed by atoms with Crippen molar-refractivity contribution in [2.45, 2.75) is 95.7 Å². The molecule has 0 radical (unpaired) electrons. The Bertz CT molecular complexity index is 2020. The smallest absolute Gasteiger partial charge is 0.253 e. The molecule has 0 fully saturated rings. The third-order valence-corrected chi connectivity index (χ3v) is 11.0. The van der Waals surface area contributed by atoms with E-state index in [1.807, 2.05) is 0 Å². The van der Waals surface area contributed by atoms with Crippen molar-refractivity contribution < 1.29 is 63.9 Å². The lowest BCUT2D eigenvalue weighted by Gasteiger charge is -2.25. The van der Waals surface area contributed by atoms with Crippen molar-refractivity contribution in [1.82, 2.24) is 20.9 Å². The van der Waals surface area contributed by atoms with E-state index >= 15 is 0 Å². The Balaban J connectivity index is 1.72. The summed E-state index contributed by atoms with van der Waals surface area (Å²) in [4.78, 5) is 110. The molecule has 0 aromatic heterocycles. The summed E-state index contributed by atoms with van der Waals surface area (Å²) < 4.78 is 0. The maximum Gasteiger partial charge on any atom is 0.253 e. The van der Waals surface area contributed by atoms with Gasteiger partial charge in [0.25, 0.3) is 11.8 Å². The van der Waals surface area contributed by atoms with Crippen molar-refractivity contribution in [3.8, 4) is 11.5 Å². The van der Waals surface area contributed by atoms with Crippen molar-refractivity contribution in [2.24, 2.45) is 34.2 Å². The quantitative estimate of drug-likeness (QED) is 0.0199. The minimum absolute atomic E-state index is 0.00604. The lowest BCUT2D eigenvalue weighted by molar-refractivity contribution is -0.137. The number of carbonyl (C=O) groups excluding carboxylic acids is 8. The summed E-state index contributed by atoms with van der Waals surface area (Å²) in [5.74, 6) is -8.04. The Morgan fingerprint density at radius 1 is 0.621 bits per heavy atom. The highest BCUT2D eigenvalue weighted by molar-refractivity contribution is 6.12. The number of Topliss-reactive ketones (excluding diaryl/α,β-unsaturated/α-hetero) is 3. The van der Waals surface area contributed by atoms with Crippen molar-refractivity contribution in [3.63, 3.8) is 0 Å². The summed E-state index contributed by atoms with van der Waals surface area (Å²) in [5.41, 5.74) is 12.0. The molecular weight excluding hydrogens is 859 g/mol. The first-order valence-corrected chi connectivity index (χ1v) is 21.9. The number of aliphatic hydroxyl groups is 3. The topological polar surface area (TPSA) is 341 Å². The lowest BCUT2D eigenvalue weighted by atomic mass is 9.89. The van der Waals surface area contributed by atoms with Crippen LogP contribution in [0.5, 0.6) is 11.5 Å². The van der Waals surface area contributed by atoms with Crippen LogP contribution < -0.4 is 27.4 Å². The first kappa shape index (κ1) is 53.8. The van der Waals surface area contributed by atoms with Gasteiger partial charge in [0, 0.05) is 63.4 Å². The summed E-state index contributed by atoms with van der Waals surface area (Å²) in [6, 6.07) is 8.04. The zero-order valence-corrected chi connectivity index (χ0v) is 37.1. The van der Waals surface area contributed by atoms with E-state index in [-0.39, 0.29) is 75.7 Å². The molecule has 1 heterocycles. The molecule has 2 aromatic rings. The van der Waals surface area contributed by atoms with Crippen LogP contribution in [0.2, 0.25) is 0 Å². The van der Waals surface area contributed by atoms with Gasteiger partial charge in [-0.1, -0.05) is 37.6 Å². The third-order valence-electron chi connectivity index (χ3n) is 11.0. The van der Waals surface area contributed by atoms with Crippen LogP contribution in [0.1, 0.15) is 75.8 Å². The largest absolute Gasteiger partial charge is 0.508 e. The number of hydrogen-bond acceptors (Lipinski definition) is 14. The Morgan fingerprint density at radius 2 is 1.15 bits per heavy atom. The number of rotatable bonds is 31. The van der Waals surface area contributed by atoms with E-state index in [1.165, 1.54) is 48.6 Å². The molecule has 3 rings (SSSR count). The molecule has 2 aromatic carbocycles. The summed E-state index contributed by atoms with van der Waals surface area (Å²) in [7, 11) is 0. The summed E-state index contributed by atoms with van der Waals surface area (Å²) >= 11 is 0. The fourth-order valence-electron chi connectivity index (χ4n) is 7.12. The highest BCUT2D eigenvalue weighted by Crippen LogP contribution is 2.20. The van der Waals surface area contributed by atoms with Crippen LogP contribution in [-0.2, 0) is 51.2 Å². The molecule has 6 atom stereocenters. The van der Waals surface area contributed by atoms with Gasteiger partial charge in [-0.25, -0.2) is 0 Å². The van der Waals surface area contributed by atoms with Gasteiger partial charge in [-0.15, -0.1) is 0 Å². The third kappa shape index (κ3) is 18.5. The molecule has 5 amide bonds. The number of guanidine groups is 1. The minimum atomic E-state index is -1.59. The number of nitrogens with one attached hydrogen (secondary N) is 3. The van der Waals surface area contributed by atoms with Gasteiger partial charge < -0.3 is 53.0 Å². The number of unbranched alkanes of at least 4 members (excludes halogenated alkanes) is 2. The van der Waals surface area contributed by atoms with E-state index in [4.69, 9.17) is 11.5 Å². The summed E-state index contributed by atoms with van der Waals surface area (Å²) in [6.45, 7) is -0.0754. The molecule has 12 N–H and O–H groups in total. The highest BCUT2D eigenvalue weighted by Gasteiger charge is 2.33. The second-order valence-corrected chi connectivity index (χ2v) is 16.5. The normalized spacial score (nSPS) is 14.9. The summed E-state index contributed by atoms with van der Waals surface area (Å²) in [5, 5.41) is 57.5. The Labute approximate surface area is 382 Å². The van der Waals surface area contributed by atoms with Gasteiger partial charge in [0.05, 0.1) is 31.2 Å². The molecule has 1 aliphatic heterocycles. The molecule has 20 nitrogen and oxygen atoms in total. The van der Waals surface area contributed by atoms with Crippen LogP contribution in [0.3, 0.4) is 0 Å². The Morgan fingerprint density at radius 3 is 1.71 bits per heavy atom. The molecule has 0 aliphatic carbocycles. The van der Waals surface area contributed by atoms with Gasteiger partial charge in [-0.3, -0.25) is 48.2 Å². The van der Waals surface area contributed by atoms with Crippen LogP contribution in [0.4, 0.5) is 0 Å². The molecular formula is C46H63N7O13. The van der Waals surface area contributed by atoms with E-state index in [2.05, 4.69) is 20.9 Å². The molecule has 20 heteroatoms. The van der Waals surface area contributed by atoms with Crippen molar-refractivity contribution >= 4 is 52.8 Å². The Hall–Kier alpha value is -6.51. The van der Waals surface area contributed by atoms with Gasteiger partial charge in [-0.05, 0) is 79.8 Å². The molecule has 0 spiro atoms. The predicted octanol–water partition coefficient (Wildman–Crippen LogP) is -0.401. The standard InChI is InChI=1S/C46H63N7O13/c1-28(25-54)20-38(59)36(22-30-10-14-34(58)15-11-30)51-44(65)31(21-29-8-12-33(57)13-9-29)23-40(61)37(27-56)52-45(66)32(26-55)24-39(60)35(6-5-18-49-46(47)48)50-41(62)7-3-2-4-19-53-42(63)16-17-43(53)64/h8-17,28,31-32,35-37,54-58H,2-7,18-27H2,1H3,(H,50,62)(H,51,65)(H,52,66)(H4,47,48,49). The number of phenols is 2. The van der Waals surface area contributed by atoms with E-state index in [9.17, 15) is 63.9 Å². The number of aliphatic imine (C=N–C) groups is 1. The number of hydrogen-bond donors (Lipinski definition) is 10. The van der Waals surface area contributed by atoms with E-state index in [1.54, 1.807) is 19.1 Å². The first-order chi connectivity index (χ1) is 31.4. The van der Waals surface area contributed by atoms with Crippen molar-refractivity contribution in [2.75, 3.05) is 32.9 Å². The van der Waals surface area contributed by atoms with E-state index in [0.29, 0.717) is 30.4 Å². The number of aromatic hydroxyl groups is 2. The van der Waals surface area contributed by atoms with Gasteiger partial charge in [0.2, 0.25) is 17.7 Å². The van der Waals surface area contributed by atoms with Crippen LogP contribution >= 0.6 is 0 Å². The predicted molar refractivity (Wildman–Crippen MR) is 240 cm³/mol. The fraction of sp³-hybridized carbons (Fsp3) is 0.500. The van der Waals surface area contributed by atoms with Crippen molar-refractivity contribution in [1.29, 1.82) is 0 Å². The molecule has 6 unspecified atom stereocenters. The average Bonchev–Trinajstić information content (AvgIpc) is 3.61. The molecule has 1 aliphatic rings. The number of phenolic OH excluding ortho intramolecular Hbond substituents is 2. The maximum atomic E-state index is 14.0. The van der Waals surface area contributed by atoms with E-state index in [0.717, 1.165) is 4.90 Å². The number of nitrogens with two attached hydrogens (primary N) is 2. The number of aliphatic hydroxyl groups excluding tert-OH is 3. The number of carbonyl (C=O) groups is 8. The number of nitrogens with zero attached hydrogens (tertiary/aromatic N) is 2. The van der Waals surface area contributed by atoms with E-state index < -0.39 is 109 Å². The lowest BCUT2D eigenvalue weighted by Crippen LogP contribution is -2.50. The monoisotopic (exact) mass is 921 g/mol. The second-order valence-electron chi connectivity index (χ2n) is 16.5. The Kier molecular flexibility index (Phi) is 22.6. The van der Waals surface area contributed by atoms with Gasteiger partial charge in [0.1, 0.15) is 17.5 Å². The number of imide groups is 1. The highest BCUT2D eigenvalue weighted by atomic mass is 16.3. The molecule has 0 bridgehead atoms. The van der Waals surface area contributed by atoms with Crippen molar-refractivity contribution in [3.05, 3.63) is 71.8 Å². The SMILES string of the molecule is CC(CO)CC(=O)C(Cc1ccc(O)cc1)NC(=O)C(CC(=O)C(CO)NC(=O)C(CO)CC(=O)C(CCCN=C(N)N)NC(=O)CCCCCN1C(=O)C=CC1=O)Cc1ccc(O)cc1. The van der Waals surface area contributed by atoms with Crippen LogP contribution in [0, 0.1) is 17.8 Å². The average molecular weight is 922 g/mol. The minimum Gasteiger partial charge on any atom is -0.508 e. The maximum absolute atomic E-state index is 14.0. The zero-order valence-electron chi connectivity index (χ0n) is 37.1. The first-order valence-electron chi connectivity index (χ1n) is 21.9. The second kappa shape index (κ2) is 27.7. The zero-order chi connectivity index (χ0) is 48.8. The van der Waals surface area contributed by atoms with Gasteiger partial charge >= 0.3 is 0 Å². The molecule has 66 heavy (non-hydrogen) atoms. The van der Waals surface area contributed by atoms with Gasteiger partial charge in [-0.2, -0.15) is 0 Å². The van der Waals surface area contributed by atoms with Crippen LogP contribution in [-0.4, -0.2) is 134 Å². The molecule has 0 saturated carbocycles. The number of benzene rings is 2. The molecule has 0 saturated heterocycles. The van der Waals surface area contributed by atoms with Crippen LogP contribution in [0.25, 0.3) is 0 Å². The fourth-order valence-corrected chi connectivity index (χ4v) is 7.12. The molecule has 360 valence electrons. The van der Waals surface area contributed by atoms with Crippen LogP contribution in [0.15, 0.2) is 65.7 Å². The van der Waals surface area contributed by atoms with Gasteiger partial charge in [0.15, 0.2) is 23.3 Å². The number of ketones is 3. The number of amides is 5. The summed E-state index contributed by atoms with van der Waals surface area (Å²) in [6.07, 6.45) is 2.77.